The molecule has 1 unspecified atom stereocenters. The first-order valence-corrected chi connectivity index (χ1v) is 5.12. The third kappa shape index (κ3) is 2.79. The van der Waals surface area contributed by atoms with Gasteiger partial charge in [-0.2, -0.15) is 0 Å². The molecule has 0 spiro atoms. The van der Waals surface area contributed by atoms with E-state index in [-0.39, 0.29) is 5.69 Å². The molecule has 1 heterocycles. The number of nitrogens with one attached hydrogen (secondary N) is 1. The van der Waals surface area contributed by atoms with E-state index in [9.17, 15) is 9.90 Å². The van der Waals surface area contributed by atoms with E-state index in [2.05, 4.69) is 16.9 Å². The van der Waals surface area contributed by atoms with Crippen molar-refractivity contribution in [3.8, 4) is 0 Å². The molecule has 5 nitrogen and oxygen atoms in total. The minimum Gasteiger partial charge on any atom is -0.387 e. The third-order valence-electron chi connectivity index (χ3n) is 2.19. The smallest absolute Gasteiger partial charge is 0.267 e. The van der Waals surface area contributed by atoms with Gasteiger partial charge in [0.2, 0.25) is 0 Å². The molecule has 1 amide bonds. The summed E-state index contributed by atoms with van der Waals surface area (Å²) in [6.45, 7) is 3.64. The first-order chi connectivity index (χ1) is 7.06. The van der Waals surface area contributed by atoms with Gasteiger partial charge in [-0.15, -0.1) is 0 Å². The van der Waals surface area contributed by atoms with Gasteiger partial charge in [-0.05, 0) is 13.3 Å². The van der Waals surface area contributed by atoms with Crippen molar-refractivity contribution >= 4 is 5.91 Å². The van der Waals surface area contributed by atoms with Crippen molar-refractivity contribution in [1.82, 2.24) is 9.97 Å². The van der Waals surface area contributed by atoms with E-state index in [0.29, 0.717) is 11.5 Å². The van der Waals surface area contributed by atoms with Crippen LogP contribution < -0.4 is 5.73 Å². The summed E-state index contributed by atoms with van der Waals surface area (Å²) in [6.07, 6.45) is 2.03. The Labute approximate surface area is 88.7 Å². The largest absolute Gasteiger partial charge is 0.387 e. The highest BCUT2D eigenvalue weighted by molar-refractivity contribution is 5.92. The number of aliphatic hydroxyl groups excluding tert-OH is 1. The summed E-state index contributed by atoms with van der Waals surface area (Å²) in [4.78, 5) is 18.1. The number of imidazole rings is 1. The standard InChI is InChI=1S/C10H17N3O2/c1-3-4-5-7-12-8(6(2)14)9(13-7)10(11)15/h6,14H,3-5H2,1-2H3,(H2,11,15)(H,12,13). The molecule has 0 saturated heterocycles. The van der Waals surface area contributed by atoms with Gasteiger partial charge in [0.25, 0.3) is 5.91 Å². The molecule has 0 aliphatic carbocycles. The number of primary amides is 1. The van der Waals surface area contributed by atoms with E-state index in [1.807, 2.05) is 0 Å². The van der Waals surface area contributed by atoms with E-state index in [0.717, 1.165) is 19.3 Å². The Balaban J connectivity index is 2.93. The number of hydrogen-bond donors (Lipinski definition) is 3. The molecule has 0 saturated carbocycles. The number of carbonyl (C=O) groups excluding carboxylic acids is 1. The second-order valence-electron chi connectivity index (χ2n) is 3.59. The maximum atomic E-state index is 11.1. The number of H-pyrrole nitrogens is 1. The normalized spacial score (nSPS) is 12.7. The summed E-state index contributed by atoms with van der Waals surface area (Å²) in [7, 11) is 0. The number of amides is 1. The molecule has 0 aromatic carbocycles. The molecule has 1 rings (SSSR count). The van der Waals surface area contributed by atoms with Crippen LogP contribution in [-0.2, 0) is 6.42 Å². The van der Waals surface area contributed by atoms with Gasteiger partial charge in [0.05, 0.1) is 11.8 Å². The van der Waals surface area contributed by atoms with Crippen molar-refractivity contribution in [2.24, 2.45) is 5.73 Å². The molecule has 1 atom stereocenters. The van der Waals surface area contributed by atoms with Crippen LogP contribution >= 0.6 is 0 Å². The number of unbranched alkanes of at least 4 members (excludes halogenated alkanes) is 1. The number of carbonyl (C=O) groups is 1. The van der Waals surface area contributed by atoms with Crippen LogP contribution in [0.15, 0.2) is 0 Å². The van der Waals surface area contributed by atoms with Crippen molar-refractivity contribution in [3.05, 3.63) is 17.2 Å². The zero-order valence-electron chi connectivity index (χ0n) is 9.08. The Hall–Kier alpha value is -1.36. The highest BCUT2D eigenvalue weighted by atomic mass is 16.3. The van der Waals surface area contributed by atoms with Crippen LogP contribution in [0.5, 0.6) is 0 Å². The SMILES string of the molecule is CCCCc1nc(C(C)O)c(C(N)=O)[nH]1. The second-order valence-corrected chi connectivity index (χ2v) is 3.59. The first-order valence-electron chi connectivity index (χ1n) is 5.12. The number of nitrogens with two attached hydrogens (primary N) is 1. The Kier molecular flexibility index (Phi) is 3.85. The van der Waals surface area contributed by atoms with E-state index < -0.39 is 12.0 Å². The summed E-state index contributed by atoms with van der Waals surface area (Å²) in [6, 6.07) is 0. The summed E-state index contributed by atoms with van der Waals surface area (Å²) < 4.78 is 0. The average molecular weight is 211 g/mol. The summed E-state index contributed by atoms with van der Waals surface area (Å²) >= 11 is 0. The van der Waals surface area contributed by atoms with Crippen LogP contribution in [0.25, 0.3) is 0 Å². The van der Waals surface area contributed by atoms with Crippen LogP contribution in [-0.4, -0.2) is 21.0 Å². The molecule has 0 aliphatic rings. The second kappa shape index (κ2) is 4.93. The fraction of sp³-hybridized carbons (Fsp3) is 0.600. The number of aryl methyl sites for hydroxylation is 1. The van der Waals surface area contributed by atoms with Crippen molar-refractivity contribution < 1.29 is 9.90 Å². The number of rotatable bonds is 5. The van der Waals surface area contributed by atoms with Crippen molar-refractivity contribution in [2.45, 2.75) is 39.2 Å². The number of hydrogen-bond acceptors (Lipinski definition) is 3. The Morgan fingerprint density at radius 1 is 1.67 bits per heavy atom. The van der Waals surface area contributed by atoms with Gasteiger partial charge in [-0.3, -0.25) is 4.79 Å². The van der Waals surface area contributed by atoms with Crippen molar-refractivity contribution in [3.63, 3.8) is 0 Å². The van der Waals surface area contributed by atoms with Crippen molar-refractivity contribution in [1.29, 1.82) is 0 Å². The molecule has 0 bridgehead atoms. The first kappa shape index (κ1) is 11.7. The molecule has 5 heteroatoms. The highest BCUT2D eigenvalue weighted by Crippen LogP contribution is 2.15. The molecule has 0 radical (unpaired) electrons. The quantitative estimate of drug-likeness (QED) is 0.675. The summed E-state index contributed by atoms with van der Waals surface area (Å²) in [5.74, 6) is 0.127. The predicted octanol–water partition coefficient (Wildman–Crippen LogP) is 0.905. The lowest BCUT2D eigenvalue weighted by atomic mass is 10.2. The van der Waals surface area contributed by atoms with Crippen LogP contribution in [0.1, 0.15) is 54.8 Å². The summed E-state index contributed by atoms with van der Waals surface area (Å²) in [5, 5.41) is 9.40. The average Bonchev–Trinajstić information content (AvgIpc) is 2.58. The van der Waals surface area contributed by atoms with Gasteiger partial charge in [0.15, 0.2) is 0 Å². The van der Waals surface area contributed by atoms with E-state index in [1.54, 1.807) is 6.92 Å². The monoisotopic (exact) mass is 211 g/mol. The zero-order valence-corrected chi connectivity index (χ0v) is 9.08. The van der Waals surface area contributed by atoms with Gasteiger partial charge in [0, 0.05) is 6.42 Å². The lowest BCUT2D eigenvalue weighted by Gasteiger charge is -2.00. The number of aromatic nitrogens is 2. The van der Waals surface area contributed by atoms with Gasteiger partial charge in [-0.1, -0.05) is 13.3 Å². The molecule has 0 aliphatic heterocycles. The topological polar surface area (TPSA) is 92.0 Å². The summed E-state index contributed by atoms with van der Waals surface area (Å²) in [5.41, 5.74) is 5.73. The van der Waals surface area contributed by atoms with Gasteiger partial charge < -0.3 is 15.8 Å². The van der Waals surface area contributed by atoms with Crippen molar-refractivity contribution in [2.75, 3.05) is 0 Å². The van der Waals surface area contributed by atoms with E-state index in [1.165, 1.54) is 0 Å². The minimum atomic E-state index is -0.779. The van der Waals surface area contributed by atoms with Gasteiger partial charge in [0.1, 0.15) is 11.5 Å². The zero-order chi connectivity index (χ0) is 11.4. The molecular weight excluding hydrogens is 194 g/mol. The van der Waals surface area contributed by atoms with Crippen LogP contribution in [0.3, 0.4) is 0 Å². The van der Waals surface area contributed by atoms with E-state index in [4.69, 9.17) is 5.73 Å². The van der Waals surface area contributed by atoms with Crippen LogP contribution in [0.4, 0.5) is 0 Å². The van der Waals surface area contributed by atoms with Crippen LogP contribution in [0, 0.1) is 0 Å². The lowest BCUT2D eigenvalue weighted by Crippen LogP contribution is -2.14. The Morgan fingerprint density at radius 2 is 2.33 bits per heavy atom. The predicted molar refractivity (Wildman–Crippen MR) is 56.4 cm³/mol. The maximum absolute atomic E-state index is 11.1. The molecule has 0 fully saturated rings. The fourth-order valence-corrected chi connectivity index (χ4v) is 1.39. The fourth-order valence-electron chi connectivity index (χ4n) is 1.39. The molecule has 4 N–H and O–H groups in total. The van der Waals surface area contributed by atoms with Gasteiger partial charge >= 0.3 is 0 Å². The Morgan fingerprint density at radius 3 is 2.73 bits per heavy atom. The molecule has 1 aromatic rings. The molecular formula is C10H17N3O2. The number of aliphatic hydroxyl groups is 1. The molecule has 1 aromatic heterocycles. The minimum absolute atomic E-state index is 0.219. The van der Waals surface area contributed by atoms with Gasteiger partial charge in [-0.25, -0.2) is 4.98 Å². The lowest BCUT2D eigenvalue weighted by molar-refractivity contribution is 0.0989. The van der Waals surface area contributed by atoms with E-state index >= 15 is 0 Å². The highest BCUT2D eigenvalue weighted by Gasteiger charge is 2.17. The molecule has 84 valence electrons. The Bertz CT molecular complexity index is 344. The third-order valence-corrected chi connectivity index (χ3v) is 2.19. The number of nitrogens with zero attached hydrogens (tertiary/aromatic N) is 1. The maximum Gasteiger partial charge on any atom is 0.267 e. The number of aromatic amines is 1. The van der Waals surface area contributed by atoms with Crippen LogP contribution in [0.2, 0.25) is 0 Å². The molecule has 15 heavy (non-hydrogen) atoms.